The Hall–Kier alpha value is -2.02. The van der Waals surface area contributed by atoms with Crippen molar-refractivity contribution in [3.8, 4) is 0 Å². The number of aromatic amines is 3. The fraction of sp³-hybridized carbons (Fsp3) is 0.333. The van der Waals surface area contributed by atoms with Gasteiger partial charge in [-0.1, -0.05) is 0 Å². The first-order valence-corrected chi connectivity index (χ1v) is 4.90. The van der Waals surface area contributed by atoms with E-state index in [9.17, 15) is 4.79 Å². The van der Waals surface area contributed by atoms with Crippen molar-refractivity contribution in [1.29, 1.82) is 0 Å². The normalized spacial score (nSPS) is 12.8. The average Bonchev–Trinajstić information content (AvgIpc) is 2.85. The molecule has 0 amide bonds. The van der Waals surface area contributed by atoms with Crippen molar-refractivity contribution in [3.63, 3.8) is 0 Å². The van der Waals surface area contributed by atoms with E-state index < -0.39 is 6.10 Å². The zero-order valence-corrected chi connectivity index (χ0v) is 8.78. The lowest BCUT2D eigenvalue weighted by molar-refractivity contribution is 0.0864. The average molecular weight is 223 g/mol. The molecule has 5 N–H and O–H groups in total. The minimum absolute atomic E-state index is 0.270. The van der Waals surface area contributed by atoms with Gasteiger partial charge in [-0.05, 0) is 6.92 Å². The van der Waals surface area contributed by atoms with E-state index in [1.807, 2.05) is 6.92 Å². The second kappa shape index (κ2) is 4.23. The Morgan fingerprint density at radius 2 is 2.38 bits per heavy atom. The molecule has 0 saturated carbocycles. The Kier molecular flexibility index (Phi) is 2.78. The van der Waals surface area contributed by atoms with Gasteiger partial charge in [0.1, 0.15) is 11.9 Å². The van der Waals surface area contributed by atoms with Crippen LogP contribution in [-0.2, 0) is 4.74 Å². The maximum atomic E-state index is 11.1. The van der Waals surface area contributed by atoms with Crippen LogP contribution in [0.2, 0.25) is 0 Å². The fourth-order valence-corrected chi connectivity index (χ4v) is 1.52. The first-order chi connectivity index (χ1) is 7.72. The molecule has 0 aliphatic rings. The van der Waals surface area contributed by atoms with Crippen LogP contribution in [0.15, 0.2) is 17.3 Å². The second-order valence-electron chi connectivity index (χ2n) is 3.24. The van der Waals surface area contributed by atoms with Gasteiger partial charge in [0.2, 0.25) is 0 Å². The minimum Gasteiger partial charge on any atom is -0.384 e. The Morgan fingerprint density at radius 3 is 2.88 bits per heavy atom. The number of nitrogens with zero attached hydrogens (tertiary/aromatic N) is 1. The predicted molar refractivity (Wildman–Crippen MR) is 57.9 cm³/mol. The van der Waals surface area contributed by atoms with Crippen LogP contribution in [0.25, 0.3) is 0 Å². The van der Waals surface area contributed by atoms with E-state index in [2.05, 4.69) is 19.9 Å². The summed E-state index contributed by atoms with van der Waals surface area (Å²) in [4.78, 5) is 23.1. The third-order valence-corrected chi connectivity index (χ3v) is 2.17. The van der Waals surface area contributed by atoms with Gasteiger partial charge >= 0.3 is 5.69 Å². The van der Waals surface area contributed by atoms with Crippen LogP contribution in [0.4, 0.5) is 5.82 Å². The van der Waals surface area contributed by atoms with Crippen molar-refractivity contribution >= 4 is 5.82 Å². The van der Waals surface area contributed by atoms with Crippen molar-refractivity contribution in [2.75, 3.05) is 12.3 Å². The topological polar surface area (TPSA) is 113 Å². The number of hydrogen-bond donors (Lipinski definition) is 4. The number of hydrogen-bond acceptors (Lipinski definition) is 4. The minimum atomic E-state index is -0.463. The van der Waals surface area contributed by atoms with Crippen molar-refractivity contribution in [1.82, 2.24) is 19.9 Å². The Morgan fingerprint density at radius 1 is 1.56 bits per heavy atom. The molecule has 0 saturated heterocycles. The molecular weight excluding hydrogens is 210 g/mol. The summed E-state index contributed by atoms with van der Waals surface area (Å²) in [6.07, 6.45) is 2.78. The highest BCUT2D eigenvalue weighted by Gasteiger charge is 2.21. The number of rotatable bonds is 4. The molecule has 2 aromatic rings. The molecule has 16 heavy (non-hydrogen) atoms. The number of anilines is 1. The first-order valence-electron chi connectivity index (χ1n) is 4.90. The third-order valence-electron chi connectivity index (χ3n) is 2.17. The Labute approximate surface area is 91.1 Å². The maximum Gasteiger partial charge on any atom is 0.324 e. The van der Waals surface area contributed by atoms with E-state index in [4.69, 9.17) is 10.5 Å². The van der Waals surface area contributed by atoms with E-state index in [0.717, 1.165) is 0 Å². The standard InChI is InChI=1S/C9H13N5O2/c1-2-16-7(5-3-11-4-12-5)6-8(10)14-9(15)13-6/h3-4,7H,2,10H2,1H3,(H,11,12)(H2,13,14,15). The van der Waals surface area contributed by atoms with Crippen LogP contribution >= 0.6 is 0 Å². The molecule has 7 nitrogen and oxygen atoms in total. The van der Waals surface area contributed by atoms with E-state index in [1.165, 1.54) is 0 Å². The number of nitrogens with one attached hydrogen (secondary N) is 3. The quantitative estimate of drug-likeness (QED) is 0.590. The van der Waals surface area contributed by atoms with Crippen LogP contribution in [0.1, 0.15) is 24.4 Å². The molecule has 0 spiro atoms. The third kappa shape index (κ3) is 1.84. The summed E-state index contributed by atoms with van der Waals surface area (Å²) >= 11 is 0. The van der Waals surface area contributed by atoms with Crippen molar-refractivity contribution in [3.05, 3.63) is 34.4 Å². The molecule has 0 aromatic carbocycles. The lowest BCUT2D eigenvalue weighted by atomic mass is 10.2. The molecular formula is C9H13N5O2. The van der Waals surface area contributed by atoms with E-state index in [-0.39, 0.29) is 11.5 Å². The number of ether oxygens (including phenoxy) is 1. The van der Waals surface area contributed by atoms with Crippen LogP contribution < -0.4 is 11.4 Å². The lowest BCUT2D eigenvalue weighted by Crippen LogP contribution is -2.10. The van der Waals surface area contributed by atoms with Crippen LogP contribution in [-0.4, -0.2) is 26.5 Å². The van der Waals surface area contributed by atoms with Gasteiger partial charge in [0.05, 0.1) is 17.7 Å². The van der Waals surface area contributed by atoms with Crippen molar-refractivity contribution in [2.24, 2.45) is 0 Å². The summed E-state index contributed by atoms with van der Waals surface area (Å²) in [5.74, 6) is 0.270. The summed E-state index contributed by atoms with van der Waals surface area (Å²) in [5.41, 5.74) is 6.49. The number of imidazole rings is 2. The summed E-state index contributed by atoms with van der Waals surface area (Å²) in [6.45, 7) is 2.35. The molecule has 0 aliphatic heterocycles. The van der Waals surface area contributed by atoms with Gasteiger partial charge in [0.15, 0.2) is 0 Å². The molecule has 0 fully saturated rings. The molecule has 1 atom stereocenters. The monoisotopic (exact) mass is 223 g/mol. The lowest BCUT2D eigenvalue weighted by Gasteiger charge is -2.13. The van der Waals surface area contributed by atoms with Gasteiger partial charge in [0, 0.05) is 12.8 Å². The van der Waals surface area contributed by atoms with Crippen molar-refractivity contribution in [2.45, 2.75) is 13.0 Å². The SMILES string of the molecule is CCOC(c1c[nH]cn1)c1[nH]c(=O)[nH]c1N. The molecule has 2 aromatic heterocycles. The van der Waals surface area contributed by atoms with Gasteiger partial charge in [-0.25, -0.2) is 9.78 Å². The largest absolute Gasteiger partial charge is 0.384 e. The molecule has 7 heteroatoms. The molecule has 2 heterocycles. The fourth-order valence-electron chi connectivity index (χ4n) is 1.52. The number of nitrogen functional groups attached to an aromatic ring is 1. The van der Waals surface area contributed by atoms with E-state index >= 15 is 0 Å². The second-order valence-corrected chi connectivity index (χ2v) is 3.24. The number of aromatic nitrogens is 4. The zero-order valence-electron chi connectivity index (χ0n) is 8.78. The van der Waals surface area contributed by atoms with Gasteiger partial charge in [-0.15, -0.1) is 0 Å². The van der Waals surface area contributed by atoms with Gasteiger partial charge in [0.25, 0.3) is 0 Å². The summed E-state index contributed by atoms with van der Waals surface area (Å²) < 4.78 is 5.51. The Bertz CT molecular complexity index is 498. The number of nitrogens with two attached hydrogens (primary N) is 1. The van der Waals surface area contributed by atoms with Crippen LogP contribution in [0, 0.1) is 0 Å². The highest BCUT2D eigenvalue weighted by molar-refractivity contribution is 5.38. The van der Waals surface area contributed by atoms with Crippen LogP contribution in [0.3, 0.4) is 0 Å². The van der Waals surface area contributed by atoms with Crippen LogP contribution in [0.5, 0.6) is 0 Å². The molecule has 0 bridgehead atoms. The van der Waals surface area contributed by atoms with Gasteiger partial charge in [-0.2, -0.15) is 0 Å². The van der Waals surface area contributed by atoms with Gasteiger partial charge < -0.3 is 20.4 Å². The number of H-pyrrole nitrogens is 3. The van der Waals surface area contributed by atoms with Gasteiger partial charge in [-0.3, -0.25) is 4.98 Å². The molecule has 0 aliphatic carbocycles. The maximum absolute atomic E-state index is 11.1. The first kappa shape index (κ1) is 10.5. The molecule has 1 unspecified atom stereocenters. The van der Waals surface area contributed by atoms with E-state index in [0.29, 0.717) is 18.0 Å². The molecule has 2 rings (SSSR count). The Balaban J connectivity index is 2.40. The zero-order chi connectivity index (χ0) is 11.5. The molecule has 0 radical (unpaired) electrons. The highest BCUT2D eigenvalue weighted by Crippen LogP contribution is 2.24. The predicted octanol–water partition coefficient (Wildman–Crippen LogP) is 0.134. The summed E-state index contributed by atoms with van der Waals surface area (Å²) in [7, 11) is 0. The smallest absolute Gasteiger partial charge is 0.324 e. The summed E-state index contributed by atoms with van der Waals surface area (Å²) in [5, 5.41) is 0. The highest BCUT2D eigenvalue weighted by atomic mass is 16.5. The summed E-state index contributed by atoms with van der Waals surface area (Å²) in [6, 6.07) is 0. The van der Waals surface area contributed by atoms with Crippen molar-refractivity contribution < 1.29 is 4.74 Å². The molecule has 86 valence electrons. The van der Waals surface area contributed by atoms with E-state index in [1.54, 1.807) is 12.5 Å².